The van der Waals surface area contributed by atoms with E-state index >= 15 is 0 Å². The number of nitrogens with two attached hydrogens (primary N) is 2. The third kappa shape index (κ3) is 11.7. The number of phenolic OH excluding ortho intramolecular Hbond substituents is 1. The molecule has 2 aromatic carbocycles. The van der Waals surface area contributed by atoms with Gasteiger partial charge in [-0.05, 0) is 48.4 Å². The van der Waals surface area contributed by atoms with Gasteiger partial charge in [-0.3, -0.25) is 19.2 Å². The van der Waals surface area contributed by atoms with E-state index < -0.39 is 53.8 Å². The number of aliphatic carboxylic acids is 1. The third-order valence-electron chi connectivity index (χ3n) is 6.28. The standard InChI is InChI=1S/C29H39N5O7/c1-17(2)14-23(33-26(37)21(30)15-19-8-10-20(35)11-9-19)27(38)34-24(16-18-6-4-3-5-7-18)28(39)32-22(29(40)41)12-13-25(31)36/h3-11,17,21-24,35H,12-16,30H2,1-2H3,(H2,31,36)(H,32,39)(H,33,37)(H,34,38)(H,40,41). The number of aromatic hydroxyl groups is 1. The van der Waals surface area contributed by atoms with Crippen molar-refractivity contribution >= 4 is 29.6 Å². The first-order valence-corrected chi connectivity index (χ1v) is 13.3. The number of phenols is 1. The summed E-state index contributed by atoms with van der Waals surface area (Å²) in [7, 11) is 0. The lowest BCUT2D eigenvalue weighted by Crippen LogP contribution is -2.58. The van der Waals surface area contributed by atoms with E-state index in [-0.39, 0.29) is 43.8 Å². The van der Waals surface area contributed by atoms with Crippen molar-refractivity contribution in [2.45, 2.75) is 70.1 Å². The number of benzene rings is 2. The van der Waals surface area contributed by atoms with Crippen LogP contribution in [-0.2, 0) is 36.8 Å². The normalized spacial score (nSPS) is 13.9. The van der Waals surface area contributed by atoms with Crippen molar-refractivity contribution < 1.29 is 34.2 Å². The molecule has 12 heteroatoms. The van der Waals surface area contributed by atoms with Crippen LogP contribution >= 0.6 is 0 Å². The van der Waals surface area contributed by atoms with E-state index in [0.29, 0.717) is 5.56 Å². The van der Waals surface area contributed by atoms with Crippen molar-refractivity contribution in [3.05, 3.63) is 65.7 Å². The molecule has 0 heterocycles. The Bertz CT molecular complexity index is 1190. The van der Waals surface area contributed by atoms with Crippen molar-refractivity contribution in [1.29, 1.82) is 0 Å². The molecule has 2 aromatic rings. The summed E-state index contributed by atoms with van der Waals surface area (Å²) in [5, 5.41) is 26.7. The van der Waals surface area contributed by atoms with Gasteiger partial charge in [-0.1, -0.05) is 56.3 Å². The van der Waals surface area contributed by atoms with Gasteiger partial charge in [-0.15, -0.1) is 0 Å². The lowest BCUT2D eigenvalue weighted by Gasteiger charge is -2.26. The van der Waals surface area contributed by atoms with E-state index in [2.05, 4.69) is 16.0 Å². The zero-order valence-electron chi connectivity index (χ0n) is 23.2. The first-order chi connectivity index (χ1) is 19.3. The molecule has 0 radical (unpaired) electrons. The molecule has 4 atom stereocenters. The molecule has 0 saturated carbocycles. The van der Waals surface area contributed by atoms with Crippen molar-refractivity contribution in [3.8, 4) is 5.75 Å². The van der Waals surface area contributed by atoms with E-state index in [1.165, 1.54) is 12.1 Å². The molecule has 0 aliphatic rings. The van der Waals surface area contributed by atoms with Gasteiger partial charge < -0.3 is 37.6 Å². The second-order valence-electron chi connectivity index (χ2n) is 10.3. The zero-order valence-corrected chi connectivity index (χ0v) is 23.2. The van der Waals surface area contributed by atoms with Gasteiger partial charge in [0.2, 0.25) is 23.6 Å². The molecule has 4 unspecified atom stereocenters. The summed E-state index contributed by atoms with van der Waals surface area (Å²) in [6, 6.07) is 10.5. The van der Waals surface area contributed by atoms with E-state index in [4.69, 9.17) is 11.5 Å². The number of carbonyl (C=O) groups excluding carboxylic acids is 4. The molecule has 0 aliphatic carbocycles. The topological polar surface area (TPSA) is 214 Å². The lowest BCUT2D eigenvalue weighted by molar-refractivity contribution is -0.142. The Morgan fingerprint density at radius 3 is 1.85 bits per heavy atom. The summed E-state index contributed by atoms with van der Waals surface area (Å²) in [4.78, 5) is 62.4. The van der Waals surface area contributed by atoms with E-state index in [1.807, 2.05) is 13.8 Å². The number of amides is 4. The van der Waals surface area contributed by atoms with Gasteiger partial charge in [0.25, 0.3) is 0 Å². The van der Waals surface area contributed by atoms with Gasteiger partial charge in [0, 0.05) is 12.8 Å². The SMILES string of the molecule is CC(C)CC(NC(=O)C(N)Cc1ccc(O)cc1)C(=O)NC(Cc1ccccc1)C(=O)NC(CCC(N)=O)C(=O)O. The monoisotopic (exact) mass is 569 g/mol. The number of hydrogen-bond donors (Lipinski definition) is 7. The number of hydrogen-bond acceptors (Lipinski definition) is 7. The van der Waals surface area contributed by atoms with Crippen LogP contribution in [0.4, 0.5) is 0 Å². The number of carbonyl (C=O) groups is 5. The van der Waals surface area contributed by atoms with Crippen molar-refractivity contribution in [1.82, 2.24) is 16.0 Å². The fraction of sp³-hybridized carbons (Fsp3) is 0.414. The molecule has 9 N–H and O–H groups in total. The molecular formula is C29H39N5O7. The Kier molecular flexibility index (Phi) is 12.8. The van der Waals surface area contributed by atoms with Crippen molar-refractivity contribution in [3.63, 3.8) is 0 Å². The minimum atomic E-state index is -1.39. The first-order valence-electron chi connectivity index (χ1n) is 13.3. The van der Waals surface area contributed by atoms with Crippen LogP contribution in [0, 0.1) is 5.92 Å². The quantitative estimate of drug-likeness (QED) is 0.149. The maximum Gasteiger partial charge on any atom is 0.326 e. The lowest BCUT2D eigenvalue weighted by atomic mass is 9.99. The summed E-state index contributed by atoms with van der Waals surface area (Å²) in [6.45, 7) is 3.74. The highest BCUT2D eigenvalue weighted by Gasteiger charge is 2.31. The zero-order chi connectivity index (χ0) is 30.5. The summed E-state index contributed by atoms with van der Waals surface area (Å²) < 4.78 is 0. The second kappa shape index (κ2) is 16.0. The molecule has 0 spiro atoms. The van der Waals surface area contributed by atoms with Crippen LogP contribution in [0.5, 0.6) is 5.75 Å². The molecule has 0 aromatic heterocycles. The van der Waals surface area contributed by atoms with Gasteiger partial charge in [0.1, 0.15) is 23.9 Å². The molecule has 41 heavy (non-hydrogen) atoms. The van der Waals surface area contributed by atoms with Crippen LogP contribution in [0.15, 0.2) is 54.6 Å². The highest BCUT2D eigenvalue weighted by Crippen LogP contribution is 2.12. The van der Waals surface area contributed by atoms with E-state index in [1.54, 1.807) is 42.5 Å². The van der Waals surface area contributed by atoms with Crippen molar-refractivity contribution in [2.75, 3.05) is 0 Å². The van der Waals surface area contributed by atoms with Crippen LogP contribution in [0.25, 0.3) is 0 Å². The third-order valence-corrected chi connectivity index (χ3v) is 6.28. The molecular weight excluding hydrogens is 530 g/mol. The molecule has 222 valence electrons. The second-order valence-corrected chi connectivity index (χ2v) is 10.3. The molecule has 0 aliphatic heterocycles. The van der Waals surface area contributed by atoms with Crippen LogP contribution < -0.4 is 27.4 Å². The summed E-state index contributed by atoms with van der Waals surface area (Å²) in [6.07, 6.45) is -0.000907. The van der Waals surface area contributed by atoms with Crippen LogP contribution in [0.2, 0.25) is 0 Å². The first kappa shape index (κ1) is 32.8. The van der Waals surface area contributed by atoms with Crippen LogP contribution in [0.3, 0.4) is 0 Å². The van der Waals surface area contributed by atoms with Gasteiger partial charge in [-0.25, -0.2) is 4.79 Å². The smallest absolute Gasteiger partial charge is 0.326 e. The largest absolute Gasteiger partial charge is 0.508 e. The number of carboxylic acids is 1. The summed E-state index contributed by atoms with van der Waals surface area (Å²) >= 11 is 0. The minimum absolute atomic E-state index is 0.00837. The number of carboxylic acid groups (broad SMARTS) is 1. The Balaban J connectivity index is 2.20. The molecule has 0 fully saturated rings. The Morgan fingerprint density at radius 1 is 0.756 bits per heavy atom. The van der Waals surface area contributed by atoms with Gasteiger partial charge in [-0.2, -0.15) is 0 Å². The predicted octanol–water partition coefficient (Wildman–Crippen LogP) is 0.355. The Labute approximate surface area is 238 Å². The molecule has 4 amide bonds. The average Bonchev–Trinajstić information content (AvgIpc) is 2.91. The summed E-state index contributed by atoms with van der Waals surface area (Å²) in [5.74, 6) is -3.96. The van der Waals surface area contributed by atoms with Crippen LogP contribution in [-0.4, -0.2) is 64.0 Å². The van der Waals surface area contributed by atoms with Gasteiger partial charge in [0.05, 0.1) is 6.04 Å². The predicted molar refractivity (Wildman–Crippen MR) is 151 cm³/mol. The summed E-state index contributed by atoms with van der Waals surface area (Å²) in [5.41, 5.74) is 12.6. The highest BCUT2D eigenvalue weighted by atomic mass is 16.4. The molecule has 0 saturated heterocycles. The highest BCUT2D eigenvalue weighted by molar-refractivity contribution is 5.94. The maximum atomic E-state index is 13.4. The van der Waals surface area contributed by atoms with Crippen molar-refractivity contribution in [2.24, 2.45) is 17.4 Å². The fourth-order valence-electron chi connectivity index (χ4n) is 4.11. The van der Waals surface area contributed by atoms with E-state index in [9.17, 15) is 34.2 Å². The molecule has 2 rings (SSSR count). The van der Waals surface area contributed by atoms with E-state index in [0.717, 1.165) is 5.56 Å². The molecule has 0 bridgehead atoms. The molecule has 12 nitrogen and oxygen atoms in total. The van der Waals surface area contributed by atoms with Gasteiger partial charge >= 0.3 is 5.97 Å². The minimum Gasteiger partial charge on any atom is -0.508 e. The number of primary amides is 1. The van der Waals surface area contributed by atoms with Crippen LogP contribution in [0.1, 0.15) is 44.2 Å². The average molecular weight is 570 g/mol. The Hall–Kier alpha value is -4.45. The fourth-order valence-corrected chi connectivity index (χ4v) is 4.11. The number of nitrogens with one attached hydrogen (secondary N) is 3. The maximum absolute atomic E-state index is 13.4. The van der Waals surface area contributed by atoms with Gasteiger partial charge in [0.15, 0.2) is 0 Å². The number of rotatable bonds is 16. The Morgan fingerprint density at radius 2 is 1.29 bits per heavy atom.